The summed E-state index contributed by atoms with van der Waals surface area (Å²) in [5.74, 6) is -1.59. The van der Waals surface area contributed by atoms with Crippen molar-refractivity contribution < 1.29 is 24.6 Å². The van der Waals surface area contributed by atoms with Crippen LogP contribution in [0.5, 0.6) is 0 Å². The Bertz CT molecular complexity index is 969. The molecule has 33 heavy (non-hydrogen) atoms. The minimum atomic E-state index is -1.26. The molecule has 0 atom stereocenters. The van der Waals surface area contributed by atoms with E-state index in [1.165, 1.54) is 25.9 Å². The highest BCUT2D eigenvalue weighted by Crippen LogP contribution is 2.26. The topological polar surface area (TPSA) is 113 Å². The molecule has 0 spiro atoms. The third-order valence-electron chi connectivity index (χ3n) is 5.91. The van der Waals surface area contributed by atoms with E-state index in [2.05, 4.69) is 37.7 Å². The number of carboxylic acids is 2. The molecule has 0 unspecified atom stereocenters. The number of carbonyl (C=O) groups is 3. The fourth-order valence-electron chi connectivity index (χ4n) is 3.92. The van der Waals surface area contributed by atoms with Crippen LogP contribution in [-0.4, -0.2) is 61.7 Å². The van der Waals surface area contributed by atoms with Crippen LogP contribution >= 0.6 is 0 Å². The van der Waals surface area contributed by atoms with Crippen molar-refractivity contribution in [2.75, 3.05) is 13.1 Å². The number of fused-ring (bicyclic) bond motifs is 1. The maximum atomic E-state index is 12.8. The average molecular weight is 458 g/mol. The van der Waals surface area contributed by atoms with Crippen molar-refractivity contribution in [1.29, 1.82) is 0 Å². The van der Waals surface area contributed by atoms with Gasteiger partial charge >= 0.3 is 11.9 Å². The van der Waals surface area contributed by atoms with Gasteiger partial charge in [0, 0.05) is 47.8 Å². The zero-order chi connectivity index (χ0) is 24.5. The predicted octanol–water partition coefficient (Wildman–Crippen LogP) is 4.41. The van der Waals surface area contributed by atoms with Gasteiger partial charge in [-0.1, -0.05) is 12.1 Å². The van der Waals surface area contributed by atoms with Gasteiger partial charge in [-0.2, -0.15) is 5.10 Å². The van der Waals surface area contributed by atoms with Crippen LogP contribution in [0.1, 0.15) is 69.8 Å². The van der Waals surface area contributed by atoms with Gasteiger partial charge in [0.25, 0.3) is 0 Å². The number of hydrogen-bond acceptors (Lipinski definition) is 5. The summed E-state index contributed by atoms with van der Waals surface area (Å²) in [5, 5.41) is 21.3. The van der Waals surface area contributed by atoms with Gasteiger partial charge in [-0.3, -0.25) is 9.48 Å². The van der Waals surface area contributed by atoms with Gasteiger partial charge in [0.05, 0.1) is 0 Å². The normalized spacial score (nSPS) is 15.2. The van der Waals surface area contributed by atoms with Gasteiger partial charge in [0.1, 0.15) is 5.52 Å². The Kier molecular flexibility index (Phi) is 9.78. The first-order chi connectivity index (χ1) is 15.6. The van der Waals surface area contributed by atoms with Gasteiger partial charge in [0.2, 0.25) is 0 Å². The maximum Gasteiger partial charge on any atom is 0.328 e. The lowest BCUT2D eigenvalue weighted by Crippen LogP contribution is -2.38. The molecule has 1 aliphatic heterocycles. The molecule has 1 fully saturated rings. The Hall–Kier alpha value is -3.00. The summed E-state index contributed by atoms with van der Waals surface area (Å²) in [6.07, 6.45) is 7.24. The van der Waals surface area contributed by atoms with Crippen LogP contribution in [0.25, 0.3) is 10.9 Å². The van der Waals surface area contributed by atoms with Crippen molar-refractivity contribution in [3.05, 3.63) is 42.1 Å². The quantitative estimate of drug-likeness (QED) is 0.446. The molecule has 0 saturated carbocycles. The van der Waals surface area contributed by atoms with E-state index in [4.69, 9.17) is 10.2 Å². The summed E-state index contributed by atoms with van der Waals surface area (Å²) in [7, 11) is 0. The number of carboxylic acid groups (broad SMARTS) is 2. The summed E-state index contributed by atoms with van der Waals surface area (Å²) >= 11 is 0. The Morgan fingerprint density at radius 2 is 1.64 bits per heavy atom. The SMILES string of the molecule is CC(C)N1CCC(CCC(=O)c2cccc3cn(C(C)C)nc23)CC1.O=C(O)/C=C/C(=O)O. The number of Topliss-reactive ketones (excluding diaryl/α,β-unsaturated/α-hetero) is 1. The van der Waals surface area contributed by atoms with Crippen LogP contribution in [-0.2, 0) is 9.59 Å². The van der Waals surface area contributed by atoms with Crippen LogP contribution in [0.15, 0.2) is 36.5 Å². The lowest BCUT2D eigenvalue weighted by molar-refractivity contribution is -0.134. The van der Waals surface area contributed by atoms with Crippen molar-refractivity contribution >= 4 is 28.6 Å². The molecule has 8 nitrogen and oxygen atoms in total. The molecule has 1 saturated heterocycles. The average Bonchev–Trinajstić information content (AvgIpc) is 3.21. The Morgan fingerprint density at radius 1 is 1.03 bits per heavy atom. The summed E-state index contributed by atoms with van der Waals surface area (Å²) < 4.78 is 1.95. The van der Waals surface area contributed by atoms with Crippen LogP contribution < -0.4 is 0 Å². The molecule has 8 heteroatoms. The second-order valence-electron chi connectivity index (χ2n) is 8.99. The van der Waals surface area contributed by atoms with Gasteiger partial charge in [-0.15, -0.1) is 0 Å². The van der Waals surface area contributed by atoms with Crippen LogP contribution in [0, 0.1) is 5.92 Å². The molecule has 1 aromatic carbocycles. The van der Waals surface area contributed by atoms with Gasteiger partial charge in [-0.05, 0) is 72.0 Å². The van der Waals surface area contributed by atoms with E-state index in [-0.39, 0.29) is 5.78 Å². The fourth-order valence-corrected chi connectivity index (χ4v) is 3.92. The second-order valence-corrected chi connectivity index (χ2v) is 8.99. The van der Waals surface area contributed by atoms with Crippen molar-refractivity contribution in [3.63, 3.8) is 0 Å². The van der Waals surface area contributed by atoms with Crippen LogP contribution in [0.4, 0.5) is 0 Å². The molecular formula is C25H35N3O5. The van der Waals surface area contributed by atoms with E-state index in [0.29, 0.717) is 36.6 Å². The number of hydrogen-bond donors (Lipinski definition) is 2. The number of benzene rings is 1. The molecule has 3 rings (SSSR count). The summed E-state index contributed by atoms with van der Waals surface area (Å²) in [5.41, 5.74) is 1.65. The number of rotatable bonds is 8. The lowest BCUT2D eigenvalue weighted by atomic mass is 9.89. The minimum Gasteiger partial charge on any atom is -0.478 e. The molecule has 0 aliphatic carbocycles. The van der Waals surface area contributed by atoms with Crippen molar-refractivity contribution in [2.45, 2.75) is 65.5 Å². The molecule has 2 heterocycles. The molecule has 0 radical (unpaired) electrons. The lowest BCUT2D eigenvalue weighted by Gasteiger charge is -2.34. The second kappa shape index (κ2) is 12.3. The first-order valence-corrected chi connectivity index (χ1v) is 11.5. The standard InChI is InChI=1S/C21H31N3O.C4H4O4/c1-15(2)23-12-10-17(11-13-23)8-9-20(25)19-7-5-6-18-14-24(16(3)4)22-21(18)19;5-3(6)1-2-4(7)8/h5-7,14-17H,8-13H2,1-4H3;1-2H,(H,5,6)(H,7,8)/b;2-1+. The molecule has 0 bridgehead atoms. The highest BCUT2D eigenvalue weighted by Gasteiger charge is 2.22. The highest BCUT2D eigenvalue weighted by atomic mass is 16.4. The first-order valence-electron chi connectivity index (χ1n) is 11.5. The Morgan fingerprint density at radius 3 is 2.15 bits per heavy atom. The molecule has 2 N–H and O–H groups in total. The number of nitrogens with zero attached hydrogens (tertiary/aromatic N) is 3. The van der Waals surface area contributed by atoms with Gasteiger partial charge in [0.15, 0.2) is 5.78 Å². The molecule has 1 aromatic heterocycles. The van der Waals surface area contributed by atoms with Crippen molar-refractivity contribution in [3.8, 4) is 0 Å². The first kappa shape index (κ1) is 26.3. The van der Waals surface area contributed by atoms with Gasteiger partial charge in [-0.25, -0.2) is 9.59 Å². The van der Waals surface area contributed by atoms with Gasteiger partial charge < -0.3 is 15.1 Å². The number of aliphatic carboxylic acids is 2. The summed E-state index contributed by atoms with van der Waals surface area (Å²) in [4.78, 5) is 34.4. The smallest absolute Gasteiger partial charge is 0.328 e. The Labute approximate surface area is 194 Å². The van der Waals surface area contributed by atoms with Crippen LogP contribution in [0.3, 0.4) is 0 Å². The summed E-state index contributed by atoms with van der Waals surface area (Å²) in [6.45, 7) is 11.1. The molecule has 1 aliphatic rings. The monoisotopic (exact) mass is 457 g/mol. The van der Waals surface area contributed by atoms with E-state index in [1.54, 1.807) is 0 Å². The number of piperidine rings is 1. The molecule has 0 amide bonds. The number of carbonyl (C=O) groups excluding carboxylic acids is 1. The number of ketones is 1. The molecule has 180 valence electrons. The summed E-state index contributed by atoms with van der Waals surface area (Å²) in [6, 6.07) is 6.89. The maximum absolute atomic E-state index is 12.8. The Balaban J connectivity index is 0.000000414. The van der Waals surface area contributed by atoms with Crippen molar-refractivity contribution in [2.24, 2.45) is 5.92 Å². The van der Waals surface area contributed by atoms with Crippen molar-refractivity contribution in [1.82, 2.24) is 14.7 Å². The number of likely N-dealkylation sites (tertiary alicyclic amines) is 1. The molecule has 2 aromatic rings. The highest BCUT2D eigenvalue weighted by molar-refractivity contribution is 6.06. The van der Waals surface area contributed by atoms with E-state index in [1.807, 2.05) is 29.1 Å². The largest absolute Gasteiger partial charge is 0.478 e. The predicted molar refractivity (Wildman–Crippen MR) is 128 cm³/mol. The third-order valence-corrected chi connectivity index (χ3v) is 5.91. The van der Waals surface area contributed by atoms with E-state index in [9.17, 15) is 14.4 Å². The van der Waals surface area contributed by atoms with Crippen LogP contribution in [0.2, 0.25) is 0 Å². The van der Waals surface area contributed by atoms with E-state index in [0.717, 1.165) is 22.9 Å². The minimum absolute atomic E-state index is 0.242. The van der Waals surface area contributed by atoms with E-state index < -0.39 is 11.9 Å². The zero-order valence-electron chi connectivity index (χ0n) is 19.9. The fraction of sp³-hybridized carbons (Fsp3) is 0.520. The van der Waals surface area contributed by atoms with E-state index >= 15 is 0 Å². The third kappa shape index (κ3) is 8.13. The molecular weight excluding hydrogens is 422 g/mol. The zero-order valence-corrected chi connectivity index (χ0v) is 19.9. The number of aromatic nitrogens is 2.